The summed E-state index contributed by atoms with van der Waals surface area (Å²) in [5, 5.41) is 0. The Bertz CT molecular complexity index is 980. The maximum absolute atomic E-state index is 13.1. The van der Waals surface area contributed by atoms with Gasteiger partial charge in [0.15, 0.2) is 6.23 Å². The van der Waals surface area contributed by atoms with E-state index in [2.05, 4.69) is 0 Å². The standard InChI is InChI=1S/C22H20F4N2O3/c23-12-15-6-7-17-16(10-15)11-18-20(31-21(30)22(24,25)26)27(8-9-28(18)19(17)29)13-14-4-2-1-3-5-14/h1-7,10,18,20H,8-9,11-13H2/t18-,20?/m1/s1. The smallest absolute Gasteiger partial charge is 0.437 e. The largest absolute Gasteiger partial charge is 0.490 e. The molecule has 31 heavy (non-hydrogen) atoms. The van der Waals surface area contributed by atoms with E-state index in [0.29, 0.717) is 16.7 Å². The number of esters is 1. The van der Waals surface area contributed by atoms with Crippen LogP contribution in [0.3, 0.4) is 0 Å². The Balaban J connectivity index is 1.68. The molecule has 0 saturated carbocycles. The van der Waals surface area contributed by atoms with E-state index in [0.717, 1.165) is 5.56 Å². The van der Waals surface area contributed by atoms with Gasteiger partial charge in [0.2, 0.25) is 0 Å². The second kappa shape index (κ2) is 8.30. The number of ether oxygens (including phenoxy) is 1. The van der Waals surface area contributed by atoms with Crippen LogP contribution >= 0.6 is 0 Å². The molecule has 0 spiro atoms. The Morgan fingerprint density at radius 1 is 1.06 bits per heavy atom. The fraction of sp³-hybridized carbons (Fsp3) is 0.364. The molecular weight excluding hydrogens is 416 g/mol. The van der Waals surface area contributed by atoms with E-state index in [-0.39, 0.29) is 32.0 Å². The number of piperazine rings is 1. The summed E-state index contributed by atoms with van der Waals surface area (Å²) >= 11 is 0. The number of alkyl halides is 4. The number of nitrogens with zero attached hydrogens (tertiary/aromatic N) is 2. The molecule has 0 radical (unpaired) electrons. The minimum atomic E-state index is -5.15. The molecule has 2 aliphatic rings. The SMILES string of the molecule is O=C1c2ccc(CF)cc2C[C@@H]2C(OC(=O)C(F)(F)F)N(Cc3ccccc3)CCN12. The predicted molar refractivity (Wildman–Crippen MR) is 103 cm³/mol. The van der Waals surface area contributed by atoms with Gasteiger partial charge in [-0.3, -0.25) is 9.69 Å². The summed E-state index contributed by atoms with van der Waals surface area (Å²) < 4.78 is 57.0. The van der Waals surface area contributed by atoms with Crippen molar-refractivity contribution in [2.75, 3.05) is 13.1 Å². The molecule has 5 nitrogen and oxygen atoms in total. The van der Waals surface area contributed by atoms with Crippen LogP contribution < -0.4 is 0 Å². The van der Waals surface area contributed by atoms with Gasteiger partial charge < -0.3 is 9.64 Å². The van der Waals surface area contributed by atoms with Gasteiger partial charge in [-0.15, -0.1) is 0 Å². The summed E-state index contributed by atoms with van der Waals surface area (Å²) in [7, 11) is 0. The van der Waals surface area contributed by atoms with Crippen LogP contribution in [0, 0.1) is 0 Å². The topological polar surface area (TPSA) is 49.9 Å². The van der Waals surface area contributed by atoms with E-state index in [1.54, 1.807) is 23.1 Å². The number of carbonyl (C=O) groups excluding carboxylic acids is 2. The van der Waals surface area contributed by atoms with Gasteiger partial charge in [-0.25, -0.2) is 9.18 Å². The Labute approximate surface area is 176 Å². The molecule has 0 aromatic heterocycles. The molecule has 1 fully saturated rings. The van der Waals surface area contributed by atoms with Crippen LogP contribution in [0.4, 0.5) is 17.6 Å². The summed E-state index contributed by atoms with van der Waals surface area (Å²) in [6.07, 6.45) is -6.27. The summed E-state index contributed by atoms with van der Waals surface area (Å²) in [4.78, 5) is 27.8. The van der Waals surface area contributed by atoms with E-state index in [1.807, 2.05) is 18.2 Å². The van der Waals surface area contributed by atoms with Crippen molar-refractivity contribution in [3.8, 4) is 0 Å². The summed E-state index contributed by atoms with van der Waals surface area (Å²) in [5.74, 6) is -2.66. The van der Waals surface area contributed by atoms with Gasteiger partial charge in [0.25, 0.3) is 5.91 Å². The van der Waals surface area contributed by atoms with Crippen molar-refractivity contribution in [2.24, 2.45) is 0 Å². The number of amides is 1. The van der Waals surface area contributed by atoms with Gasteiger partial charge in [-0.05, 0) is 29.2 Å². The third-order valence-electron chi connectivity index (χ3n) is 5.65. The van der Waals surface area contributed by atoms with Gasteiger partial charge in [0.05, 0.1) is 6.04 Å². The molecule has 164 valence electrons. The number of hydrogen-bond donors (Lipinski definition) is 0. The zero-order valence-electron chi connectivity index (χ0n) is 16.4. The first-order valence-electron chi connectivity index (χ1n) is 9.82. The zero-order chi connectivity index (χ0) is 22.2. The maximum atomic E-state index is 13.1. The average molecular weight is 436 g/mol. The molecule has 2 aromatic carbocycles. The molecule has 2 aromatic rings. The Morgan fingerprint density at radius 2 is 1.81 bits per heavy atom. The molecular formula is C22H20F4N2O3. The Kier molecular flexibility index (Phi) is 5.70. The quantitative estimate of drug-likeness (QED) is 0.544. The van der Waals surface area contributed by atoms with Gasteiger partial charge in [-0.1, -0.05) is 42.5 Å². The third-order valence-corrected chi connectivity index (χ3v) is 5.65. The lowest BCUT2D eigenvalue weighted by Crippen LogP contribution is -2.64. The van der Waals surface area contributed by atoms with Crippen molar-refractivity contribution in [1.29, 1.82) is 0 Å². The minimum absolute atomic E-state index is 0.163. The molecule has 1 saturated heterocycles. The number of rotatable bonds is 4. The van der Waals surface area contributed by atoms with E-state index in [1.165, 1.54) is 17.0 Å². The lowest BCUT2D eigenvalue weighted by molar-refractivity contribution is -0.221. The monoisotopic (exact) mass is 436 g/mol. The molecule has 2 aliphatic heterocycles. The highest BCUT2D eigenvalue weighted by Crippen LogP contribution is 2.33. The van der Waals surface area contributed by atoms with Crippen molar-refractivity contribution >= 4 is 11.9 Å². The highest BCUT2D eigenvalue weighted by molar-refractivity contribution is 5.97. The lowest BCUT2D eigenvalue weighted by Gasteiger charge is -2.48. The van der Waals surface area contributed by atoms with Gasteiger partial charge in [-0.2, -0.15) is 13.2 Å². The Hall–Kier alpha value is -2.94. The number of carbonyl (C=O) groups is 2. The average Bonchev–Trinajstić information content (AvgIpc) is 2.75. The molecule has 9 heteroatoms. The number of halogens is 4. The van der Waals surface area contributed by atoms with Crippen LogP contribution in [-0.4, -0.2) is 53.2 Å². The maximum Gasteiger partial charge on any atom is 0.490 e. The summed E-state index contributed by atoms with van der Waals surface area (Å²) in [5.41, 5.74) is 2.15. The number of fused-ring (bicyclic) bond motifs is 2. The van der Waals surface area contributed by atoms with Crippen LogP contribution in [0.25, 0.3) is 0 Å². The number of hydrogen-bond acceptors (Lipinski definition) is 4. The number of benzene rings is 2. The fourth-order valence-electron chi connectivity index (χ4n) is 4.19. The second-order valence-corrected chi connectivity index (χ2v) is 7.64. The normalized spacial score (nSPS) is 21.4. The molecule has 0 N–H and O–H groups in total. The fourth-order valence-corrected chi connectivity index (χ4v) is 4.19. The highest BCUT2D eigenvalue weighted by Gasteiger charge is 2.49. The first-order chi connectivity index (χ1) is 14.8. The molecule has 2 heterocycles. The van der Waals surface area contributed by atoms with Crippen molar-refractivity contribution < 1.29 is 31.9 Å². The van der Waals surface area contributed by atoms with Crippen LogP contribution in [-0.2, 0) is 29.2 Å². The summed E-state index contributed by atoms with van der Waals surface area (Å²) in [6.45, 7) is 0.0561. The van der Waals surface area contributed by atoms with E-state index in [4.69, 9.17) is 4.74 Å². The van der Waals surface area contributed by atoms with E-state index >= 15 is 0 Å². The molecule has 1 amide bonds. The first-order valence-corrected chi connectivity index (χ1v) is 9.82. The lowest BCUT2D eigenvalue weighted by atomic mass is 9.89. The predicted octanol–water partition coefficient (Wildman–Crippen LogP) is 3.47. The first kappa shape index (κ1) is 21.3. The molecule has 0 aliphatic carbocycles. The van der Waals surface area contributed by atoms with Crippen molar-refractivity contribution in [1.82, 2.24) is 9.80 Å². The molecule has 1 unspecified atom stereocenters. The van der Waals surface area contributed by atoms with E-state index < -0.39 is 31.1 Å². The molecule has 4 rings (SSSR count). The van der Waals surface area contributed by atoms with Crippen LogP contribution in [0.1, 0.15) is 27.0 Å². The highest BCUT2D eigenvalue weighted by atomic mass is 19.4. The Morgan fingerprint density at radius 3 is 2.48 bits per heavy atom. The van der Waals surface area contributed by atoms with Crippen molar-refractivity contribution in [2.45, 2.75) is 38.1 Å². The van der Waals surface area contributed by atoms with Gasteiger partial charge >= 0.3 is 12.1 Å². The van der Waals surface area contributed by atoms with Crippen molar-refractivity contribution in [3.63, 3.8) is 0 Å². The minimum Gasteiger partial charge on any atom is -0.437 e. The van der Waals surface area contributed by atoms with Gasteiger partial charge in [0, 0.05) is 25.2 Å². The third kappa shape index (κ3) is 4.27. The van der Waals surface area contributed by atoms with Crippen LogP contribution in [0.5, 0.6) is 0 Å². The molecule has 2 atom stereocenters. The molecule has 0 bridgehead atoms. The zero-order valence-corrected chi connectivity index (χ0v) is 16.4. The van der Waals surface area contributed by atoms with Crippen molar-refractivity contribution in [3.05, 3.63) is 70.8 Å². The van der Waals surface area contributed by atoms with E-state index in [9.17, 15) is 27.2 Å². The van der Waals surface area contributed by atoms with Gasteiger partial charge in [0.1, 0.15) is 6.67 Å². The second-order valence-electron chi connectivity index (χ2n) is 7.64. The van der Waals surface area contributed by atoms with Crippen LogP contribution in [0.2, 0.25) is 0 Å². The summed E-state index contributed by atoms with van der Waals surface area (Å²) in [6, 6.07) is 12.9. The van der Waals surface area contributed by atoms with Crippen LogP contribution in [0.15, 0.2) is 48.5 Å².